The van der Waals surface area contributed by atoms with Crippen molar-refractivity contribution in [2.24, 2.45) is 0 Å². The zero-order valence-corrected chi connectivity index (χ0v) is 15.0. The molecule has 26 heavy (non-hydrogen) atoms. The van der Waals surface area contributed by atoms with Crippen LogP contribution in [0.4, 0.5) is 0 Å². The van der Waals surface area contributed by atoms with Gasteiger partial charge in [0.1, 0.15) is 22.8 Å². The van der Waals surface area contributed by atoms with Gasteiger partial charge in [0.15, 0.2) is 0 Å². The first-order valence-corrected chi connectivity index (χ1v) is 8.16. The SMILES string of the molecule is COc1ccc(CNC(=O)Cc2coc3cc(OC)ccc23)c(OC)c1. The number of carbonyl (C=O) groups is 1. The van der Waals surface area contributed by atoms with Crippen molar-refractivity contribution in [1.82, 2.24) is 5.32 Å². The molecule has 2 aromatic carbocycles. The van der Waals surface area contributed by atoms with Crippen LogP contribution in [0.1, 0.15) is 11.1 Å². The number of rotatable bonds is 7. The van der Waals surface area contributed by atoms with Gasteiger partial charge in [0.25, 0.3) is 0 Å². The van der Waals surface area contributed by atoms with Gasteiger partial charge in [-0.05, 0) is 24.3 Å². The number of methoxy groups -OCH3 is 3. The highest BCUT2D eigenvalue weighted by atomic mass is 16.5. The molecule has 6 heteroatoms. The van der Waals surface area contributed by atoms with Crippen molar-refractivity contribution in [1.29, 1.82) is 0 Å². The Bertz CT molecular complexity index is 916. The van der Waals surface area contributed by atoms with Crippen molar-refractivity contribution >= 4 is 16.9 Å². The Kier molecular flexibility index (Phi) is 5.31. The van der Waals surface area contributed by atoms with Gasteiger partial charge in [-0.2, -0.15) is 0 Å². The van der Waals surface area contributed by atoms with Crippen molar-refractivity contribution in [3.63, 3.8) is 0 Å². The van der Waals surface area contributed by atoms with E-state index in [1.165, 1.54) is 0 Å². The molecule has 3 aromatic rings. The van der Waals surface area contributed by atoms with Gasteiger partial charge < -0.3 is 23.9 Å². The summed E-state index contributed by atoms with van der Waals surface area (Å²) in [6, 6.07) is 11.0. The lowest BCUT2D eigenvalue weighted by molar-refractivity contribution is -0.120. The van der Waals surface area contributed by atoms with Crippen LogP contribution in [0.3, 0.4) is 0 Å². The van der Waals surface area contributed by atoms with Crippen LogP contribution in [0.25, 0.3) is 11.0 Å². The fourth-order valence-corrected chi connectivity index (χ4v) is 2.75. The molecule has 0 radical (unpaired) electrons. The van der Waals surface area contributed by atoms with Crippen LogP contribution in [0.5, 0.6) is 17.2 Å². The number of ether oxygens (including phenoxy) is 3. The first-order valence-electron chi connectivity index (χ1n) is 8.16. The van der Waals surface area contributed by atoms with E-state index in [0.29, 0.717) is 23.6 Å². The Hall–Kier alpha value is -3.15. The third-order valence-corrected chi connectivity index (χ3v) is 4.18. The lowest BCUT2D eigenvalue weighted by Crippen LogP contribution is -2.24. The Morgan fingerprint density at radius 1 is 0.962 bits per heavy atom. The van der Waals surface area contributed by atoms with Crippen LogP contribution in [0.15, 0.2) is 47.1 Å². The van der Waals surface area contributed by atoms with Crippen LogP contribution in [0, 0.1) is 0 Å². The quantitative estimate of drug-likeness (QED) is 0.704. The summed E-state index contributed by atoms with van der Waals surface area (Å²) in [5.74, 6) is 2.00. The van der Waals surface area contributed by atoms with Gasteiger partial charge in [0, 0.05) is 35.2 Å². The fraction of sp³-hybridized carbons (Fsp3) is 0.250. The summed E-state index contributed by atoms with van der Waals surface area (Å²) in [5.41, 5.74) is 2.41. The molecular weight excluding hydrogens is 334 g/mol. The van der Waals surface area contributed by atoms with E-state index in [0.717, 1.165) is 22.3 Å². The molecule has 0 unspecified atom stereocenters. The zero-order chi connectivity index (χ0) is 18.5. The average Bonchev–Trinajstić information content (AvgIpc) is 3.07. The van der Waals surface area contributed by atoms with Crippen molar-refractivity contribution in [3.8, 4) is 17.2 Å². The third-order valence-electron chi connectivity index (χ3n) is 4.18. The predicted molar refractivity (Wildman–Crippen MR) is 97.9 cm³/mol. The first kappa shape index (κ1) is 17.7. The summed E-state index contributed by atoms with van der Waals surface area (Å²) >= 11 is 0. The van der Waals surface area contributed by atoms with Crippen molar-refractivity contribution in [2.75, 3.05) is 21.3 Å². The molecule has 0 saturated heterocycles. The smallest absolute Gasteiger partial charge is 0.224 e. The summed E-state index contributed by atoms with van der Waals surface area (Å²) in [5, 5.41) is 3.82. The van der Waals surface area contributed by atoms with E-state index in [-0.39, 0.29) is 12.3 Å². The summed E-state index contributed by atoms with van der Waals surface area (Å²) in [4.78, 5) is 12.3. The van der Waals surface area contributed by atoms with Crippen LogP contribution in [-0.2, 0) is 17.8 Å². The van der Waals surface area contributed by atoms with E-state index in [4.69, 9.17) is 18.6 Å². The number of amides is 1. The van der Waals surface area contributed by atoms with Crippen molar-refractivity contribution in [2.45, 2.75) is 13.0 Å². The second kappa shape index (κ2) is 7.82. The minimum atomic E-state index is -0.0959. The maximum Gasteiger partial charge on any atom is 0.224 e. The van der Waals surface area contributed by atoms with Gasteiger partial charge in [-0.25, -0.2) is 0 Å². The number of fused-ring (bicyclic) bond motifs is 1. The second-order valence-electron chi connectivity index (χ2n) is 5.75. The Morgan fingerprint density at radius 2 is 1.69 bits per heavy atom. The van der Waals surface area contributed by atoms with E-state index in [1.54, 1.807) is 39.7 Å². The van der Waals surface area contributed by atoms with Crippen LogP contribution in [-0.4, -0.2) is 27.2 Å². The van der Waals surface area contributed by atoms with Crippen molar-refractivity contribution in [3.05, 3.63) is 53.8 Å². The van der Waals surface area contributed by atoms with Gasteiger partial charge in [-0.15, -0.1) is 0 Å². The van der Waals surface area contributed by atoms with Gasteiger partial charge in [-0.1, -0.05) is 0 Å². The molecule has 136 valence electrons. The average molecular weight is 355 g/mol. The Morgan fingerprint density at radius 3 is 2.42 bits per heavy atom. The first-order chi connectivity index (χ1) is 12.6. The predicted octanol–water partition coefficient (Wildman–Crippen LogP) is 3.32. The van der Waals surface area contributed by atoms with Gasteiger partial charge in [0.05, 0.1) is 34.0 Å². The molecule has 0 saturated carbocycles. The zero-order valence-electron chi connectivity index (χ0n) is 15.0. The molecule has 0 atom stereocenters. The summed E-state index contributed by atoms with van der Waals surface area (Å²) < 4.78 is 21.2. The number of carbonyl (C=O) groups excluding carboxylic acids is 1. The Labute approximate surface area is 151 Å². The van der Waals surface area contributed by atoms with E-state index in [1.807, 2.05) is 24.3 Å². The van der Waals surface area contributed by atoms with Crippen LogP contribution < -0.4 is 19.5 Å². The lowest BCUT2D eigenvalue weighted by atomic mass is 10.1. The third kappa shape index (κ3) is 3.74. The molecule has 1 N–H and O–H groups in total. The molecule has 0 aliphatic heterocycles. The van der Waals surface area contributed by atoms with E-state index in [2.05, 4.69) is 5.32 Å². The molecular formula is C20H21NO5. The van der Waals surface area contributed by atoms with Crippen LogP contribution in [0.2, 0.25) is 0 Å². The number of nitrogens with one attached hydrogen (secondary N) is 1. The molecule has 1 aromatic heterocycles. The van der Waals surface area contributed by atoms with E-state index >= 15 is 0 Å². The molecule has 0 spiro atoms. The highest BCUT2D eigenvalue weighted by Gasteiger charge is 2.12. The molecule has 0 aliphatic carbocycles. The Balaban J connectivity index is 1.66. The topological polar surface area (TPSA) is 69.9 Å². The monoisotopic (exact) mass is 355 g/mol. The minimum absolute atomic E-state index is 0.0959. The van der Waals surface area contributed by atoms with Crippen molar-refractivity contribution < 1.29 is 23.4 Å². The van der Waals surface area contributed by atoms with Gasteiger partial charge >= 0.3 is 0 Å². The summed E-state index contributed by atoms with van der Waals surface area (Å²) in [6.07, 6.45) is 1.84. The standard InChI is InChI=1S/C20H21NO5/c1-23-15-5-4-13(18(9-15)25-3)11-21-20(22)8-14-12-26-19-10-16(24-2)6-7-17(14)19/h4-7,9-10,12H,8,11H2,1-3H3,(H,21,22). The fourth-order valence-electron chi connectivity index (χ4n) is 2.75. The molecule has 0 fully saturated rings. The summed E-state index contributed by atoms with van der Waals surface area (Å²) in [6.45, 7) is 0.371. The largest absolute Gasteiger partial charge is 0.497 e. The second-order valence-corrected chi connectivity index (χ2v) is 5.75. The van der Waals surface area contributed by atoms with Gasteiger partial charge in [0.2, 0.25) is 5.91 Å². The molecule has 0 bridgehead atoms. The maximum absolute atomic E-state index is 12.3. The maximum atomic E-state index is 12.3. The highest BCUT2D eigenvalue weighted by Crippen LogP contribution is 2.26. The molecule has 1 heterocycles. The van der Waals surface area contributed by atoms with E-state index in [9.17, 15) is 4.79 Å². The molecule has 1 amide bonds. The lowest BCUT2D eigenvalue weighted by Gasteiger charge is -2.11. The highest BCUT2D eigenvalue weighted by molar-refractivity contribution is 5.88. The number of furan rings is 1. The normalized spacial score (nSPS) is 10.6. The van der Waals surface area contributed by atoms with Gasteiger partial charge in [-0.3, -0.25) is 4.79 Å². The number of benzene rings is 2. The molecule has 6 nitrogen and oxygen atoms in total. The molecule has 0 aliphatic rings. The number of hydrogen-bond donors (Lipinski definition) is 1. The van der Waals surface area contributed by atoms with Crippen LogP contribution >= 0.6 is 0 Å². The number of hydrogen-bond acceptors (Lipinski definition) is 5. The minimum Gasteiger partial charge on any atom is -0.497 e. The summed E-state index contributed by atoms with van der Waals surface area (Å²) in [7, 11) is 4.79. The molecule has 3 rings (SSSR count). The van der Waals surface area contributed by atoms with E-state index < -0.39 is 0 Å².